The van der Waals surface area contributed by atoms with Gasteiger partial charge in [0.1, 0.15) is 11.5 Å². The van der Waals surface area contributed by atoms with Gasteiger partial charge in [0, 0.05) is 29.7 Å². The summed E-state index contributed by atoms with van der Waals surface area (Å²) >= 11 is 0. The predicted octanol–water partition coefficient (Wildman–Crippen LogP) is 3.33. The Labute approximate surface area is 216 Å². The largest absolute Gasteiger partial charge is 0.447 e. The Morgan fingerprint density at radius 2 is 1.95 bits per heavy atom. The van der Waals surface area contributed by atoms with E-state index in [1.54, 1.807) is 23.2 Å². The van der Waals surface area contributed by atoms with Gasteiger partial charge in [0.05, 0.1) is 18.6 Å². The number of ether oxygens (including phenoxy) is 2. The minimum absolute atomic E-state index is 0.0742. The molecular weight excluding hydrogens is 470 g/mol. The zero-order valence-electron chi connectivity index (χ0n) is 21.1. The number of amides is 2. The number of carbonyl (C=O) groups is 3. The number of aryl methyl sites for hydroxylation is 2. The molecular formula is C29H31N3O5. The first kappa shape index (κ1) is 23.9. The highest BCUT2D eigenvalue weighted by Gasteiger charge is 2.67. The molecule has 2 amide bonds. The van der Waals surface area contributed by atoms with E-state index in [2.05, 4.69) is 16.4 Å². The summed E-state index contributed by atoms with van der Waals surface area (Å²) in [5.41, 5.74) is 2.53. The van der Waals surface area contributed by atoms with Gasteiger partial charge in [-0.15, -0.1) is 0 Å². The topological polar surface area (TPSA) is 97.8 Å². The van der Waals surface area contributed by atoms with Gasteiger partial charge in [0.2, 0.25) is 12.0 Å². The fraction of sp³-hybridized carbons (Fsp3) is 0.448. The van der Waals surface area contributed by atoms with E-state index in [0.29, 0.717) is 12.1 Å². The lowest BCUT2D eigenvalue weighted by Gasteiger charge is -2.26. The highest BCUT2D eigenvalue weighted by molar-refractivity contribution is 6.03. The first-order valence-corrected chi connectivity index (χ1v) is 13.0. The molecule has 192 valence electrons. The fourth-order valence-corrected chi connectivity index (χ4v) is 6.44. The van der Waals surface area contributed by atoms with E-state index in [4.69, 9.17) is 9.47 Å². The molecule has 8 nitrogen and oxygen atoms in total. The number of pyridine rings is 1. The number of anilines is 1. The van der Waals surface area contributed by atoms with Crippen molar-refractivity contribution in [2.24, 2.45) is 11.8 Å². The summed E-state index contributed by atoms with van der Waals surface area (Å²) in [6, 6.07) is 9.50. The molecule has 5 atom stereocenters. The Kier molecular flexibility index (Phi) is 5.87. The second kappa shape index (κ2) is 9.10. The van der Waals surface area contributed by atoms with Crippen LogP contribution >= 0.6 is 0 Å². The minimum Gasteiger partial charge on any atom is -0.447 e. The van der Waals surface area contributed by atoms with Crippen LogP contribution in [-0.2, 0) is 23.9 Å². The molecule has 5 unspecified atom stereocenters. The van der Waals surface area contributed by atoms with E-state index < -0.39 is 35.6 Å². The predicted molar refractivity (Wildman–Crippen MR) is 135 cm³/mol. The van der Waals surface area contributed by atoms with Gasteiger partial charge in [-0.25, -0.2) is 0 Å². The number of hydrogen-bond donors (Lipinski definition) is 1. The lowest BCUT2D eigenvalue weighted by atomic mass is 9.77. The monoisotopic (exact) mass is 501 g/mol. The lowest BCUT2D eigenvalue weighted by Crippen LogP contribution is -2.43. The smallest absolute Gasteiger partial charge is 0.314 e. The molecule has 2 aromatic rings. The maximum atomic E-state index is 13.7. The lowest BCUT2D eigenvalue weighted by molar-refractivity contribution is -0.163. The molecule has 1 aromatic heterocycles. The highest BCUT2D eigenvalue weighted by Crippen LogP contribution is 2.53. The molecule has 3 aliphatic heterocycles. The number of fused-ring (bicyclic) bond motifs is 1. The van der Waals surface area contributed by atoms with Crippen LogP contribution in [0.15, 0.2) is 54.9 Å². The van der Waals surface area contributed by atoms with Crippen molar-refractivity contribution in [3.05, 3.63) is 71.6 Å². The molecule has 1 N–H and O–H groups in total. The normalized spacial score (nSPS) is 29.0. The first-order chi connectivity index (χ1) is 17.8. The highest BCUT2D eigenvalue weighted by atomic mass is 16.6. The molecule has 2 bridgehead atoms. The van der Waals surface area contributed by atoms with Crippen molar-refractivity contribution in [2.75, 3.05) is 11.4 Å². The van der Waals surface area contributed by atoms with Crippen molar-refractivity contribution in [3.63, 3.8) is 0 Å². The van der Waals surface area contributed by atoms with Crippen molar-refractivity contribution in [3.8, 4) is 0 Å². The minimum atomic E-state index is -1.15. The van der Waals surface area contributed by atoms with Crippen molar-refractivity contribution in [2.45, 2.75) is 63.4 Å². The molecule has 0 radical (unpaired) electrons. The molecule has 1 aliphatic carbocycles. The third-order valence-corrected chi connectivity index (χ3v) is 8.05. The number of nitrogens with one attached hydrogen (secondary N) is 1. The van der Waals surface area contributed by atoms with E-state index in [1.165, 1.54) is 6.20 Å². The average molecular weight is 502 g/mol. The van der Waals surface area contributed by atoms with Gasteiger partial charge in [-0.05, 0) is 56.0 Å². The maximum absolute atomic E-state index is 13.7. The van der Waals surface area contributed by atoms with Crippen LogP contribution in [0, 0.1) is 25.7 Å². The van der Waals surface area contributed by atoms with Crippen molar-refractivity contribution in [1.82, 2.24) is 10.3 Å². The zero-order valence-corrected chi connectivity index (χ0v) is 21.1. The number of carbonyl (C=O) groups excluding carboxylic acids is 3. The molecule has 1 spiro atoms. The Hall–Kier alpha value is -3.52. The first-order valence-electron chi connectivity index (χ1n) is 13.0. The van der Waals surface area contributed by atoms with Gasteiger partial charge < -0.3 is 19.7 Å². The fourth-order valence-electron chi connectivity index (χ4n) is 6.44. The third-order valence-electron chi connectivity index (χ3n) is 8.05. The van der Waals surface area contributed by atoms with Crippen molar-refractivity contribution >= 4 is 23.5 Å². The SMILES string of the molecule is Cc1cc(C)cc(N2CC34C=CC(O3)C(C(=O)OC(C(=O)NC3CCCC3)c3cccnc3)C4C2=O)c1. The number of esters is 1. The van der Waals surface area contributed by atoms with Crippen molar-refractivity contribution < 1.29 is 23.9 Å². The van der Waals surface area contributed by atoms with Gasteiger partial charge in [0.15, 0.2) is 0 Å². The Bertz CT molecular complexity index is 1250. The zero-order chi connectivity index (χ0) is 25.7. The molecule has 4 heterocycles. The summed E-state index contributed by atoms with van der Waals surface area (Å²) in [7, 11) is 0. The summed E-state index contributed by atoms with van der Waals surface area (Å²) in [6.07, 6.45) is 9.16. The Morgan fingerprint density at radius 1 is 1.19 bits per heavy atom. The van der Waals surface area contributed by atoms with Gasteiger partial charge >= 0.3 is 5.97 Å². The van der Waals surface area contributed by atoms with Gasteiger partial charge in [0.25, 0.3) is 5.91 Å². The number of hydrogen-bond acceptors (Lipinski definition) is 6. The summed E-state index contributed by atoms with van der Waals surface area (Å²) in [5.74, 6) is -2.66. The average Bonchev–Trinajstić information content (AvgIpc) is 3.65. The summed E-state index contributed by atoms with van der Waals surface area (Å²) < 4.78 is 12.2. The summed E-state index contributed by atoms with van der Waals surface area (Å²) in [6.45, 7) is 4.32. The molecule has 8 heteroatoms. The van der Waals surface area contributed by atoms with Gasteiger partial charge in [-0.2, -0.15) is 0 Å². The van der Waals surface area contributed by atoms with Crippen LogP contribution in [0.2, 0.25) is 0 Å². The van der Waals surface area contributed by atoms with E-state index in [1.807, 2.05) is 38.1 Å². The number of aromatic nitrogens is 1. The Balaban J connectivity index is 1.26. The molecule has 37 heavy (non-hydrogen) atoms. The van der Waals surface area contributed by atoms with Crippen LogP contribution in [0.4, 0.5) is 5.69 Å². The standard InChI is InChI=1S/C29H31N3O5/c1-17-12-18(2)14-21(13-17)32-16-29-10-9-22(37-29)23(24(29)27(32)34)28(35)36-25(19-6-5-11-30-15-19)26(33)31-20-7-3-4-8-20/h5-6,9-15,20,22-25H,3-4,7-8,16H2,1-2H3,(H,31,33). The van der Waals surface area contributed by atoms with Crippen LogP contribution in [0.25, 0.3) is 0 Å². The molecule has 4 aliphatic rings. The summed E-state index contributed by atoms with van der Waals surface area (Å²) in [5, 5.41) is 3.04. The summed E-state index contributed by atoms with van der Waals surface area (Å²) in [4.78, 5) is 46.5. The molecule has 1 aromatic carbocycles. The van der Waals surface area contributed by atoms with E-state index in [-0.39, 0.29) is 17.9 Å². The number of rotatable bonds is 6. The second-order valence-electron chi connectivity index (χ2n) is 10.8. The number of benzene rings is 1. The van der Waals surface area contributed by atoms with Gasteiger partial charge in [-0.3, -0.25) is 19.4 Å². The Morgan fingerprint density at radius 3 is 2.65 bits per heavy atom. The van der Waals surface area contributed by atoms with E-state index in [9.17, 15) is 14.4 Å². The molecule has 6 rings (SSSR count). The number of nitrogens with zero attached hydrogens (tertiary/aromatic N) is 2. The van der Waals surface area contributed by atoms with Crippen LogP contribution in [0.1, 0.15) is 48.5 Å². The van der Waals surface area contributed by atoms with Crippen LogP contribution < -0.4 is 10.2 Å². The van der Waals surface area contributed by atoms with Crippen LogP contribution in [0.3, 0.4) is 0 Å². The van der Waals surface area contributed by atoms with E-state index >= 15 is 0 Å². The van der Waals surface area contributed by atoms with Crippen molar-refractivity contribution in [1.29, 1.82) is 0 Å². The third kappa shape index (κ3) is 4.13. The van der Waals surface area contributed by atoms with Gasteiger partial charge in [-0.1, -0.05) is 37.1 Å². The second-order valence-corrected chi connectivity index (χ2v) is 10.8. The van der Waals surface area contributed by atoms with Crippen LogP contribution in [-0.4, -0.2) is 47.1 Å². The maximum Gasteiger partial charge on any atom is 0.314 e. The van der Waals surface area contributed by atoms with E-state index in [0.717, 1.165) is 42.5 Å². The molecule has 2 saturated heterocycles. The molecule has 3 fully saturated rings. The van der Waals surface area contributed by atoms with Crippen LogP contribution in [0.5, 0.6) is 0 Å². The molecule has 1 saturated carbocycles. The quantitative estimate of drug-likeness (QED) is 0.482.